The maximum atomic E-state index is 11.8. The summed E-state index contributed by atoms with van der Waals surface area (Å²) in [5.41, 5.74) is 9.93. The highest BCUT2D eigenvalue weighted by molar-refractivity contribution is 5.92. The zero-order valence-corrected chi connectivity index (χ0v) is 14.9. The van der Waals surface area contributed by atoms with Gasteiger partial charge in [-0.25, -0.2) is 9.97 Å². The van der Waals surface area contributed by atoms with Crippen molar-refractivity contribution in [2.45, 2.75) is 6.42 Å². The topological polar surface area (TPSA) is 72.1 Å². The van der Waals surface area contributed by atoms with Gasteiger partial charge < -0.3 is 10.6 Å². The molecule has 0 saturated carbocycles. The van der Waals surface area contributed by atoms with Crippen LogP contribution >= 0.6 is 0 Å². The highest BCUT2D eigenvalue weighted by Crippen LogP contribution is 2.26. The normalized spacial score (nSPS) is 13.9. The van der Waals surface area contributed by atoms with Crippen LogP contribution in [0.25, 0.3) is 16.8 Å². The summed E-state index contributed by atoms with van der Waals surface area (Å²) in [6.45, 7) is 1.48. The molecule has 1 aliphatic rings. The van der Waals surface area contributed by atoms with E-state index in [9.17, 15) is 4.79 Å². The fourth-order valence-corrected chi connectivity index (χ4v) is 3.22. The number of aromatic nitrogens is 2. The van der Waals surface area contributed by atoms with Crippen LogP contribution in [0.3, 0.4) is 0 Å². The van der Waals surface area contributed by atoms with Crippen molar-refractivity contribution in [1.29, 1.82) is 0 Å². The average molecular weight is 356 g/mol. The number of carbonyl (C=O) groups is 1. The molecule has 5 heteroatoms. The number of anilines is 1. The van der Waals surface area contributed by atoms with Crippen molar-refractivity contribution in [2.24, 2.45) is 5.73 Å². The van der Waals surface area contributed by atoms with Gasteiger partial charge in [0.15, 0.2) is 0 Å². The predicted octanol–water partition coefficient (Wildman–Crippen LogP) is 3.54. The van der Waals surface area contributed by atoms with E-state index < -0.39 is 5.91 Å². The maximum Gasteiger partial charge on any atom is 0.267 e. The van der Waals surface area contributed by atoms with Gasteiger partial charge in [-0.15, -0.1) is 0 Å². The third kappa shape index (κ3) is 3.72. The fourth-order valence-electron chi connectivity index (χ4n) is 3.22. The van der Waals surface area contributed by atoms with E-state index in [-0.39, 0.29) is 5.69 Å². The van der Waals surface area contributed by atoms with Crippen LogP contribution in [-0.4, -0.2) is 29.0 Å². The van der Waals surface area contributed by atoms with Crippen molar-refractivity contribution in [1.82, 2.24) is 9.97 Å². The van der Waals surface area contributed by atoms with E-state index in [1.54, 1.807) is 6.07 Å². The molecule has 1 aromatic heterocycles. The van der Waals surface area contributed by atoms with E-state index in [0.717, 1.165) is 18.5 Å². The van der Waals surface area contributed by atoms with Crippen molar-refractivity contribution in [3.05, 3.63) is 84.1 Å². The molecule has 134 valence electrons. The number of benzene rings is 2. The van der Waals surface area contributed by atoms with Crippen LogP contribution in [0, 0.1) is 0 Å². The van der Waals surface area contributed by atoms with Crippen molar-refractivity contribution in [3.63, 3.8) is 0 Å². The van der Waals surface area contributed by atoms with E-state index >= 15 is 0 Å². The Labute approximate surface area is 158 Å². The third-order valence-corrected chi connectivity index (χ3v) is 4.67. The van der Waals surface area contributed by atoms with Gasteiger partial charge >= 0.3 is 0 Å². The van der Waals surface area contributed by atoms with Gasteiger partial charge in [-0.05, 0) is 23.6 Å². The number of primary amides is 1. The molecule has 27 heavy (non-hydrogen) atoms. The predicted molar refractivity (Wildman–Crippen MR) is 107 cm³/mol. The second-order valence-electron chi connectivity index (χ2n) is 6.46. The number of hydrogen-bond acceptors (Lipinski definition) is 4. The van der Waals surface area contributed by atoms with Gasteiger partial charge in [0.1, 0.15) is 5.69 Å². The Balaban J connectivity index is 1.65. The number of carbonyl (C=O) groups excluding carboxylic acids is 1. The van der Waals surface area contributed by atoms with Gasteiger partial charge in [-0.3, -0.25) is 4.79 Å². The molecule has 2 aromatic carbocycles. The second-order valence-corrected chi connectivity index (χ2v) is 6.46. The van der Waals surface area contributed by atoms with Crippen molar-refractivity contribution in [3.8, 4) is 11.3 Å². The minimum absolute atomic E-state index is 0.233. The van der Waals surface area contributed by atoms with Gasteiger partial charge in [-0.2, -0.15) is 0 Å². The molecule has 3 aromatic rings. The van der Waals surface area contributed by atoms with Gasteiger partial charge in [-0.1, -0.05) is 66.7 Å². The molecule has 1 amide bonds. The molecule has 0 aliphatic carbocycles. The largest absolute Gasteiger partial charge is 0.364 e. The zero-order chi connectivity index (χ0) is 18.6. The van der Waals surface area contributed by atoms with E-state index in [0.29, 0.717) is 18.2 Å². The molecule has 5 nitrogen and oxygen atoms in total. The minimum Gasteiger partial charge on any atom is -0.364 e. The average Bonchev–Trinajstić information content (AvgIpc) is 2.75. The molecule has 0 bridgehead atoms. The van der Waals surface area contributed by atoms with Crippen LogP contribution in [0.4, 0.5) is 5.95 Å². The lowest BCUT2D eigenvalue weighted by Gasteiger charge is -2.27. The number of amides is 1. The van der Waals surface area contributed by atoms with Crippen LogP contribution in [-0.2, 0) is 0 Å². The van der Waals surface area contributed by atoms with Gasteiger partial charge in [0.25, 0.3) is 5.91 Å². The SMILES string of the molecule is NC(=O)c1cc(-c2ccccc2)nc(N2CC=C(c3ccccc3)CC2)n1. The Bertz CT molecular complexity index is 984. The van der Waals surface area contributed by atoms with Gasteiger partial charge in [0.2, 0.25) is 5.95 Å². The standard InChI is InChI=1S/C22H20N4O/c23-21(27)20-15-19(18-9-5-2-6-10-18)24-22(25-20)26-13-11-17(12-14-26)16-7-3-1-4-8-16/h1-11,15H,12-14H2,(H2,23,27). The van der Waals surface area contributed by atoms with E-state index in [1.807, 2.05) is 48.5 Å². The highest BCUT2D eigenvalue weighted by Gasteiger charge is 2.18. The van der Waals surface area contributed by atoms with Crippen LogP contribution in [0.2, 0.25) is 0 Å². The summed E-state index contributed by atoms with van der Waals surface area (Å²) in [5.74, 6) is -0.0122. The lowest BCUT2D eigenvalue weighted by atomic mass is 10.00. The fraction of sp³-hybridized carbons (Fsp3) is 0.136. The molecule has 2 heterocycles. The van der Waals surface area contributed by atoms with Crippen molar-refractivity contribution in [2.75, 3.05) is 18.0 Å². The highest BCUT2D eigenvalue weighted by atomic mass is 16.1. The Hall–Kier alpha value is -3.47. The first kappa shape index (κ1) is 17.0. The minimum atomic E-state index is -0.548. The van der Waals surface area contributed by atoms with Gasteiger partial charge in [0, 0.05) is 18.7 Å². The van der Waals surface area contributed by atoms with Crippen molar-refractivity contribution >= 4 is 17.4 Å². The van der Waals surface area contributed by atoms with Crippen LogP contribution in [0.1, 0.15) is 22.5 Å². The maximum absolute atomic E-state index is 11.8. The number of rotatable bonds is 4. The van der Waals surface area contributed by atoms with E-state index in [4.69, 9.17) is 5.73 Å². The Kier molecular flexibility index (Phi) is 4.66. The van der Waals surface area contributed by atoms with Crippen molar-refractivity contribution < 1.29 is 4.79 Å². The summed E-state index contributed by atoms with van der Waals surface area (Å²) in [7, 11) is 0. The molecule has 0 spiro atoms. The van der Waals surface area contributed by atoms with E-state index in [1.165, 1.54) is 11.1 Å². The molecule has 0 unspecified atom stereocenters. The molecule has 1 aliphatic heterocycles. The van der Waals surface area contributed by atoms with E-state index in [2.05, 4.69) is 33.1 Å². The Morgan fingerprint density at radius 1 is 0.926 bits per heavy atom. The molecular formula is C22H20N4O. The second kappa shape index (κ2) is 7.41. The first-order valence-electron chi connectivity index (χ1n) is 8.94. The number of hydrogen-bond donors (Lipinski definition) is 1. The lowest BCUT2D eigenvalue weighted by Crippen LogP contribution is -2.31. The molecule has 0 radical (unpaired) electrons. The third-order valence-electron chi connectivity index (χ3n) is 4.67. The molecule has 0 fully saturated rings. The first-order valence-corrected chi connectivity index (χ1v) is 8.94. The summed E-state index contributed by atoms with van der Waals surface area (Å²) >= 11 is 0. The van der Waals surface area contributed by atoms with Crippen LogP contribution in [0.15, 0.2) is 72.8 Å². The summed E-state index contributed by atoms with van der Waals surface area (Å²) in [6.07, 6.45) is 3.09. The molecule has 4 rings (SSSR count). The Morgan fingerprint density at radius 3 is 2.19 bits per heavy atom. The number of nitrogens with zero attached hydrogens (tertiary/aromatic N) is 3. The first-order chi connectivity index (χ1) is 13.2. The summed E-state index contributed by atoms with van der Waals surface area (Å²) in [6, 6.07) is 21.8. The lowest BCUT2D eigenvalue weighted by molar-refractivity contribution is 0.0995. The summed E-state index contributed by atoms with van der Waals surface area (Å²) in [5, 5.41) is 0. The Morgan fingerprint density at radius 2 is 1.59 bits per heavy atom. The summed E-state index contributed by atoms with van der Waals surface area (Å²) in [4.78, 5) is 22.9. The van der Waals surface area contributed by atoms with Gasteiger partial charge in [0.05, 0.1) is 5.69 Å². The number of nitrogens with two attached hydrogens (primary N) is 1. The molecule has 0 atom stereocenters. The van der Waals surface area contributed by atoms with Crippen LogP contribution < -0.4 is 10.6 Å². The monoisotopic (exact) mass is 356 g/mol. The smallest absolute Gasteiger partial charge is 0.267 e. The summed E-state index contributed by atoms with van der Waals surface area (Å²) < 4.78 is 0. The molecule has 0 saturated heterocycles. The zero-order valence-electron chi connectivity index (χ0n) is 14.9. The quantitative estimate of drug-likeness (QED) is 0.776. The van der Waals surface area contributed by atoms with Crippen LogP contribution in [0.5, 0.6) is 0 Å². The molecular weight excluding hydrogens is 336 g/mol. The molecule has 2 N–H and O–H groups in total.